The van der Waals surface area contributed by atoms with Gasteiger partial charge in [0.25, 0.3) is 0 Å². The SMILES string of the molecule is C[C@@H]1NC(=O)[C@@H]2C[C@@H](O)CN2C(=O)[C@H]2CSc3[nH]c4ccccc4c3C[C@@H](NC1=O)C(=O)N[C@@H](C[C@@](C)(O)CO)C(=O)N[C@H](C)C(=O)N[C@H]([C@@H](C)O)C(=O)N2. The number of aromatic amines is 1. The van der Waals surface area contributed by atoms with Crippen molar-refractivity contribution in [1.82, 2.24) is 41.8 Å². The lowest BCUT2D eigenvalue weighted by Crippen LogP contribution is -2.61. The Hall–Kier alpha value is -4.76. The number of carbonyl (C=O) groups is 7. The molecule has 7 amide bonds. The number of amides is 7. The third kappa shape index (κ3) is 9.55. The minimum absolute atomic E-state index is 0.170. The summed E-state index contributed by atoms with van der Waals surface area (Å²) in [6.45, 7) is 4.02. The predicted molar refractivity (Wildman–Crippen MR) is 196 cm³/mol. The molecule has 300 valence electrons. The average molecular weight is 789 g/mol. The van der Waals surface area contributed by atoms with E-state index in [1.807, 2.05) is 0 Å². The highest BCUT2D eigenvalue weighted by molar-refractivity contribution is 7.99. The highest BCUT2D eigenvalue weighted by Crippen LogP contribution is 2.32. The normalized spacial score (nSPS) is 30.8. The summed E-state index contributed by atoms with van der Waals surface area (Å²) < 4.78 is 0. The number of aliphatic hydroxyl groups is 4. The Bertz CT molecular complexity index is 1840. The fraction of sp³-hybridized carbons (Fsp3) is 0.571. The van der Waals surface area contributed by atoms with E-state index < -0.39 is 114 Å². The van der Waals surface area contributed by atoms with Crippen molar-refractivity contribution >= 4 is 64.0 Å². The number of nitrogens with one attached hydrogen (secondary N) is 7. The molecule has 0 spiro atoms. The summed E-state index contributed by atoms with van der Waals surface area (Å²) in [5, 5.41) is 58.1. The van der Waals surface area contributed by atoms with Crippen LogP contribution in [0.5, 0.6) is 0 Å². The quantitative estimate of drug-likeness (QED) is 0.143. The van der Waals surface area contributed by atoms with Crippen LogP contribution in [0.15, 0.2) is 29.3 Å². The number of para-hydroxylation sites is 1. The first-order chi connectivity index (χ1) is 25.9. The topological polar surface area (TPSA) is 292 Å². The zero-order chi connectivity index (χ0) is 40.4. The minimum Gasteiger partial charge on any atom is -0.393 e. The number of nitrogens with zero attached hydrogens (tertiary/aromatic N) is 1. The van der Waals surface area contributed by atoms with E-state index in [0.717, 1.165) is 16.7 Å². The van der Waals surface area contributed by atoms with Crippen molar-refractivity contribution in [3.05, 3.63) is 29.8 Å². The molecule has 0 radical (unpaired) electrons. The standard InChI is InChI=1S/C35H48N8O11S/c1-15-27(47)38-22-10-20-19-7-5-6-8-21(19)41-33(20)55-13-24(34(53)43-12-18(46)9-25(43)31(51)37-15)40-32(52)26(17(3)45)42-28(48)16(2)36-30(50)23(39-29(22)49)11-35(4,54)14-44/h5-8,15-18,22-26,41,44-46,54H,9-14H2,1-4H3,(H,36,50)(H,37,51)(H,38,47)(H,39,49)(H,40,52)(H,42,48)/t15-,16+,17+,18+,22+,23-,24+,25-,26+,35+/m0/s1. The van der Waals surface area contributed by atoms with Crippen LogP contribution in [0.25, 0.3) is 10.9 Å². The molecular formula is C35H48N8O11S. The maximum Gasteiger partial charge on any atom is 0.246 e. The smallest absolute Gasteiger partial charge is 0.246 e. The van der Waals surface area contributed by atoms with Crippen molar-refractivity contribution in [2.24, 2.45) is 0 Å². The van der Waals surface area contributed by atoms with Gasteiger partial charge in [-0.3, -0.25) is 33.6 Å². The first-order valence-corrected chi connectivity index (χ1v) is 18.9. The lowest BCUT2D eigenvalue weighted by atomic mass is 9.96. The van der Waals surface area contributed by atoms with E-state index in [9.17, 15) is 54.0 Å². The van der Waals surface area contributed by atoms with Gasteiger partial charge in [-0.15, -0.1) is 11.8 Å². The van der Waals surface area contributed by atoms with Crippen LogP contribution in [-0.4, -0.2) is 151 Å². The van der Waals surface area contributed by atoms with Crippen LogP contribution in [0, 0.1) is 0 Å². The maximum absolute atomic E-state index is 14.3. The van der Waals surface area contributed by atoms with Crippen molar-refractivity contribution in [2.45, 2.75) is 112 Å². The molecule has 1 aromatic carbocycles. The van der Waals surface area contributed by atoms with Crippen molar-refractivity contribution in [2.75, 3.05) is 18.9 Å². The first-order valence-electron chi connectivity index (χ1n) is 17.9. The molecular weight excluding hydrogens is 740 g/mol. The molecule has 19 nitrogen and oxygen atoms in total. The fourth-order valence-electron chi connectivity index (χ4n) is 6.74. The van der Waals surface area contributed by atoms with Crippen LogP contribution >= 0.6 is 11.8 Å². The molecule has 10 atom stereocenters. The molecule has 11 N–H and O–H groups in total. The van der Waals surface area contributed by atoms with E-state index in [4.69, 9.17) is 0 Å². The van der Waals surface area contributed by atoms with Crippen LogP contribution in [-0.2, 0) is 40.0 Å². The average Bonchev–Trinajstić information content (AvgIpc) is 3.69. The maximum atomic E-state index is 14.3. The van der Waals surface area contributed by atoms with Gasteiger partial charge < -0.3 is 62.2 Å². The van der Waals surface area contributed by atoms with E-state index in [2.05, 4.69) is 36.9 Å². The second kappa shape index (κ2) is 16.9. The van der Waals surface area contributed by atoms with Gasteiger partial charge in [-0.05, 0) is 39.3 Å². The molecule has 0 aliphatic carbocycles. The van der Waals surface area contributed by atoms with E-state index in [1.165, 1.54) is 27.7 Å². The second-order valence-corrected chi connectivity index (χ2v) is 15.6. The number of rotatable bonds is 4. The van der Waals surface area contributed by atoms with Crippen LogP contribution in [0.1, 0.15) is 46.1 Å². The molecule has 1 fully saturated rings. The molecule has 55 heavy (non-hydrogen) atoms. The Morgan fingerprint density at radius 2 is 1.49 bits per heavy atom. The Morgan fingerprint density at radius 3 is 2.16 bits per heavy atom. The summed E-state index contributed by atoms with van der Waals surface area (Å²) in [6, 6.07) is -2.86. The zero-order valence-electron chi connectivity index (χ0n) is 30.8. The summed E-state index contributed by atoms with van der Waals surface area (Å²) in [4.78, 5) is 101. The molecule has 20 heteroatoms. The van der Waals surface area contributed by atoms with Crippen molar-refractivity contribution in [3.8, 4) is 0 Å². The zero-order valence-corrected chi connectivity index (χ0v) is 31.6. The van der Waals surface area contributed by atoms with Gasteiger partial charge in [-0.1, -0.05) is 18.2 Å². The lowest BCUT2D eigenvalue weighted by Gasteiger charge is -2.31. The van der Waals surface area contributed by atoms with Crippen LogP contribution < -0.4 is 31.9 Å². The largest absolute Gasteiger partial charge is 0.393 e. The van der Waals surface area contributed by atoms with E-state index in [1.54, 1.807) is 24.3 Å². The number of aliphatic hydroxyl groups excluding tert-OH is 3. The molecule has 4 heterocycles. The van der Waals surface area contributed by atoms with E-state index in [-0.39, 0.29) is 25.1 Å². The van der Waals surface area contributed by atoms with Gasteiger partial charge >= 0.3 is 0 Å². The molecule has 2 bridgehead atoms. The Labute approximate surface area is 320 Å². The van der Waals surface area contributed by atoms with Crippen molar-refractivity contribution < 1.29 is 54.0 Å². The molecule has 3 aliphatic rings. The molecule has 0 unspecified atom stereocenters. The van der Waals surface area contributed by atoms with Crippen molar-refractivity contribution in [1.29, 1.82) is 0 Å². The van der Waals surface area contributed by atoms with E-state index >= 15 is 0 Å². The highest BCUT2D eigenvalue weighted by atomic mass is 32.2. The van der Waals surface area contributed by atoms with Gasteiger partial charge in [0.2, 0.25) is 41.4 Å². The fourth-order valence-corrected chi connectivity index (χ4v) is 7.85. The monoisotopic (exact) mass is 788 g/mol. The van der Waals surface area contributed by atoms with Gasteiger partial charge in [-0.2, -0.15) is 0 Å². The number of carbonyl (C=O) groups excluding carboxylic acids is 7. The number of fused-ring (bicyclic) bond motifs is 5. The highest BCUT2D eigenvalue weighted by Gasteiger charge is 2.44. The summed E-state index contributed by atoms with van der Waals surface area (Å²) >= 11 is 1.08. The summed E-state index contributed by atoms with van der Waals surface area (Å²) in [5.41, 5.74) is -0.741. The van der Waals surface area contributed by atoms with Crippen LogP contribution in [0.4, 0.5) is 0 Å². The van der Waals surface area contributed by atoms with E-state index in [0.29, 0.717) is 21.5 Å². The molecule has 3 aliphatic heterocycles. The molecule has 1 saturated heterocycles. The third-order valence-corrected chi connectivity index (χ3v) is 11.0. The number of thioether (sulfide) groups is 1. The molecule has 0 saturated carbocycles. The number of aromatic nitrogens is 1. The molecule has 5 rings (SSSR count). The lowest BCUT2D eigenvalue weighted by molar-refractivity contribution is -0.142. The number of hydrogen-bond acceptors (Lipinski definition) is 12. The summed E-state index contributed by atoms with van der Waals surface area (Å²) in [6.07, 6.45) is -3.53. The predicted octanol–water partition coefficient (Wildman–Crippen LogP) is -3.75. The third-order valence-electron chi connectivity index (χ3n) is 9.87. The number of hydrogen-bond donors (Lipinski definition) is 11. The summed E-state index contributed by atoms with van der Waals surface area (Å²) in [7, 11) is 0. The van der Waals surface area contributed by atoms with Gasteiger partial charge in [-0.25, -0.2) is 0 Å². The van der Waals surface area contributed by atoms with Crippen molar-refractivity contribution in [3.63, 3.8) is 0 Å². The van der Waals surface area contributed by atoms with Gasteiger partial charge in [0.15, 0.2) is 0 Å². The Balaban J connectivity index is 1.69. The number of H-pyrrole nitrogens is 1. The second-order valence-electron chi connectivity index (χ2n) is 14.6. The molecule has 2 aromatic rings. The van der Waals surface area contributed by atoms with Gasteiger partial charge in [0.1, 0.15) is 42.3 Å². The van der Waals surface area contributed by atoms with Crippen LogP contribution in [0.2, 0.25) is 0 Å². The Morgan fingerprint density at radius 1 is 0.855 bits per heavy atom. The van der Waals surface area contributed by atoms with Gasteiger partial charge in [0.05, 0.1) is 29.4 Å². The van der Waals surface area contributed by atoms with Gasteiger partial charge in [0, 0.05) is 42.5 Å². The molecule has 1 aromatic heterocycles. The first kappa shape index (κ1) is 41.4. The minimum atomic E-state index is -1.90. The Kier molecular flexibility index (Phi) is 12.8. The number of benzene rings is 1. The summed E-state index contributed by atoms with van der Waals surface area (Å²) in [5.74, 6) is -6.26. The van der Waals surface area contributed by atoms with Crippen LogP contribution in [0.3, 0.4) is 0 Å².